The minimum atomic E-state index is 0.410. The number of aromatic nitrogens is 1. The molecule has 1 heterocycles. The van der Waals surface area contributed by atoms with Crippen molar-refractivity contribution in [3.63, 3.8) is 0 Å². The maximum Gasteiger partial charge on any atom is 0.213 e. The summed E-state index contributed by atoms with van der Waals surface area (Å²) in [6.45, 7) is 3.31. The van der Waals surface area contributed by atoms with Crippen LogP contribution >= 0.6 is 11.6 Å². The summed E-state index contributed by atoms with van der Waals surface area (Å²) in [5.41, 5.74) is 6.42. The van der Waals surface area contributed by atoms with Crippen molar-refractivity contribution in [2.45, 2.75) is 39.2 Å². The van der Waals surface area contributed by atoms with Gasteiger partial charge in [-0.2, -0.15) is 0 Å². The molecule has 0 unspecified atom stereocenters. The molecule has 3 nitrogen and oxygen atoms in total. The SMILES string of the molecule is CCCCCCOc1cc(CN)c(Cl)cn1. The molecule has 0 bridgehead atoms. The molecule has 1 rings (SSSR count). The monoisotopic (exact) mass is 242 g/mol. The fourth-order valence-electron chi connectivity index (χ4n) is 1.40. The molecule has 0 aliphatic heterocycles. The van der Waals surface area contributed by atoms with E-state index in [1.54, 1.807) is 6.20 Å². The number of hydrogen-bond acceptors (Lipinski definition) is 3. The predicted octanol–water partition coefficient (Wildman–Crippen LogP) is 3.15. The van der Waals surface area contributed by atoms with E-state index >= 15 is 0 Å². The van der Waals surface area contributed by atoms with Gasteiger partial charge in [-0.05, 0) is 12.0 Å². The van der Waals surface area contributed by atoms with Crippen LogP contribution in [-0.4, -0.2) is 11.6 Å². The first-order valence-electron chi connectivity index (χ1n) is 5.75. The van der Waals surface area contributed by atoms with Crippen LogP contribution in [0.3, 0.4) is 0 Å². The minimum absolute atomic E-state index is 0.410. The third-order valence-corrected chi connectivity index (χ3v) is 2.72. The number of hydrogen-bond donors (Lipinski definition) is 1. The lowest BCUT2D eigenvalue weighted by molar-refractivity contribution is 0.293. The molecule has 0 atom stereocenters. The van der Waals surface area contributed by atoms with Gasteiger partial charge in [0.15, 0.2) is 0 Å². The van der Waals surface area contributed by atoms with Crippen LogP contribution in [0.5, 0.6) is 5.88 Å². The highest BCUT2D eigenvalue weighted by Gasteiger charge is 2.02. The first-order valence-corrected chi connectivity index (χ1v) is 6.13. The van der Waals surface area contributed by atoms with Gasteiger partial charge in [-0.1, -0.05) is 37.8 Å². The standard InChI is InChI=1S/C12H19ClN2O/c1-2-3-4-5-6-16-12-7-10(8-14)11(13)9-15-12/h7,9H,2-6,8,14H2,1H3. The minimum Gasteiger partial charge on any atom is -0.478 e. The number of nitrogens with two attached hydrogens (primary N) is 1. The first kappa shape index (κ1) is 13.3. The van der Waals surface area contributed by atoms with Gasteiger partial charge in [0.25, 0.3) is 0 Å². The van der Waals surface area contributed by atoms with E-state index in [9.17, 15) is 0 Å². The molecule has 1 aromatic rings. The lowest BCUT2D eigenvalue weighted by atomic mass is 10.2. The van der Waals surface area contributed by atoms with Crippen LogP contribution in [0.2, 0.25) is 5.02 Å². The van der Waals surface area contributed by atoms with E-state index < -0.39 is 0 Å². The van der Waals surface area contributed by atoms with Gasteiger partial charge in [0.1, 0.15) is 0 Å². The van der Waals surface area contributed by atoms with Crippen molar-refractivity contribution in [3.05, 3.63) is 22.8 Å². The number of halogens is 1. The molecule has 4 heteroatoms. The Morgan fingerprint density at radius 1 is 1.38 bits per heavy atom. The summed E-state index contributed by atoms with van der Waals surface area (Å²) < 4.78 is 5.52. The van der Waals surface area contributed by atoms with Crippen LogP contribution < -0.4 is 10.5 Å². The summed E-state index contributed by atoms with van der Waals surface area (Å²) in [7, 11) is 0. The molecule has 0 fully saturated rings. The highest BCUT2D eigenvalue weighted by molar-refractivity contribution is 6.31. The average Bonchev–Trinajstić information content (AvgIpc) is 2.31. The third kappa shape index (κ3) is 4.37. The van der Waals surface area contributed by atoms with Gasteiger partial charge in [0.05, 0.1) is 11.6 Å². The normalized spacial score (nSPS) is 10.4. The highest BCUT2D eigenvalue weighted by atomic mass is 35.5. The van der Waals surface area contributed by atoms with Gasteiger partial charge in [-0.3, -0.25) is 0 Å². The van der Waals surface area contributed by atoms with E-state index in [2.05, 4.69) is 11.9 Å². The Balaban J connectivity index is 2.36. The van der Waals surface area contributed by atoms with Gasteiger partial charge in [0, 0.05) is 18.8 Å². The highest BCUT2D eigenvalue weighted by Crippen LogP contribution is 2.18. The molecule has 1 aromatic heterocycles. The van der Waals surface area contributed by atoms with Gasteiger partial charge >= 0.3 is 0 Å². The zero-order valence-corrected chi connectivity index (χ0v) is 10.5. The molecule has 2 N–H and O–H groups in total. The molecule has 0 saturated carbocycles. The Morgan fingerprint density at radius 3 is 2.88 bits per heavy atom. The summed E-state index contributed by atoms with van der Waals surface area (Å²) in [6.07, 6.45) is 6.34. The maximum absolute atomic E-state index is 5.90. The van der Waals surface area contributed by atoms with Crippen LogP contribution in [0.4, 0.5) is 0 Å². The molecule has 0 aliphatic carbocycles. The van der Waals surface area contributed by atoms with Crippen molar-refractivity contribution in [1.82, 2.24) is 4.98 Å². The van der Waals surface area contributed by atoms with Gasteiger partial charge in [-0.25, -0.2) is 4.98 Å². The fourth-order valence-corrected chi connectivity index (χ4v) is 1.58. The number of unbranched alkanes of at least 4 members (excludes halogenated alkanes) is 3. The first-order chi connectivity index (χ1) is 7.77. The van der Waals surface area contributed by atoms with E-state index in [4.69, 9.17) is 22.1 Å². The van der Waals surface area contributed by atoms with Crippen molar-refractivity contribution in [3.8, 4) is 5.88 Å². The molecule has 0 radical (unpaired) electrons. The Hall–Kier alpha value is -0.800. The lowest BCUT2D eigenvalue weighted by Crippen LogP contribution is -2.02. The average molecular weight is 243 g/mol. The number of nitrogens with zero attached hydrogens (tertiary/aromatic N) is 1. The van der Waals surface area contributed by atoms with Gasteiger partial charge in [-0.15, -0.1) is 0 Å². The number of pyridine rings is 1. The van der Waals surface area contributed by atoms with Crippen LogP contribution in [0.1, 0.15) is 38.2 Å². The van der Waals surface area contributed by atoms with Gasteiger partial charge in [0.2, 0.25) is 5.88 Å². The van der Waals surface area contributed by atoms with E-state index in [1.165, 1.54) is 19.3 Å². The van der Waals surface area contributed by atoms with Crippen LogP contribution in [-0.2, 0) is 6.54 Å². The van der Waals surface area contributed by atoms with E-state index in [0.29, 0.717) is 24.1 Å². The topological polar surface area (TPSA) is 48.1 Å². The molecule has 0 amide bonds. The summed E-state index contributed by atoms with van der Waals surface area (Å²) in [5.74, 6) is 0.612. The Morgan fingerprint density at radius 2 is 2.19 bits per heavy atom. The van der Waals surface area contributed by atoms with E-state index in [-0.39, 0.29) is 0 Å². The zero-order valence-electron chi connectivity index (χ0n) is 9.71. The molecule has 90 valence electrons. The molecule has 0 spiro atoms. The van der Waals surface area contributed by atoms with Crippen molar-refractivity contribution in [1.29, 1.82) is 0 Å². The largest absolute Gasteiger partial charge is 0.478 e. The van der Waals surface area contributed by atoms with Crippen molar-refractivity contribution in [2.75, 3.05) is 6.61 Å². The summed E-state index contributed by atoms with van der Waals surface area (Å²) in [4.78, 5) is 4.09. The van der Waals surface area contributed by atoms with Crippen molar-refractivity contribution < 1.29 is 4.74 Å². The molecular weight excluding hydrogens is 224 g/mol. The summed E-state index contributed by atoms with van der Waals surface area (Å²) >= 11 is 5.90. The molecule has 0 aromatic carbocycles. The molecule has 0 saturated heterocycles. The van der Waals surface area contributed by atoms with Crippen LogP contribution in [0, 0.1) is 0 Å². The predicted molar refractivity (Wildman–Crippen MR) is 66.8 cm³/mol. The molecule has 0 aliphatic rings. The second kappa shape index (κ2) is 7.47. The van der Waals surface area contributed by atoms with Crippen molar-refractivity contribution in [2.24, 2.45) is 5.73 Å². The second-order valence-electron chi connectivity index (χ2n) is 3.73. The van der Waals surface area contributed by atoms with Crippen LogP contribution in [0.15, 0.2) is 12.3 Å². The van der Waals surface area contributed by atoms with Gasteiger partial charge < -0.3 is 10.5 Å². The summed E-state index contributed by atoms with van der Waals surface area (Å²) in [6, 6.07) is 1.81. The number of rotatable bonds is 7. The smallest absolute Gasteiger partial charge is 0.213 e. The summed E-state index contributed by atoms with van der Waals surface area (Å²) in [5, 5.41) is 0.598. The van der Waals surface area contributed by atoms with E-state index in [0.717, 1.165) is 12.0 Å². The molecule has 16 heavy (non-hydrogen) atoms. The zero-order chi connectivity index (χ0) is 11.8. The Kier molecular flexibility index (Phi) is 6.19. The Labute approximate surface area is 102 Å². The Bertz CT molecular complexity index is 318. The maximum atomic E-state index is 5.90. The number of ether oxygens (including phenoxy) is 1. The van der Waals surface area contributed by atoms with Crippen molar-refractivity contribution >= 4 is 11.6 Å². The fraction of sp³-hybridized carbons (Fsp3) is 0.583. The molecular formula is C12H19ClN2O. The lowest BCUT2D eigenvalue weighted by Gasteiger charge is -2.07. The third-order valence-electron chi connectivity index (χ3n) is 2.38. The second-order valence-corrected chi connectivity index (χ2v) is 4.13. The van der Waals surface area contributed by atoms with E-state index in [1.807, 2.05) is 6.07 Å². The van der Waals surface area contributed by atoms with Crippen LogP contribution in [0.25, 0.3) is 0 Å². The quantitative estimate of drug-likeness (QED) is 0.748.